The zero-order valence-electron chi connectivity index (χ0n) is 8.71. The lowest BCUT2D eigenvalue weighted by Gasteiger charge is -1.97. The highest BCUT2D eigenvalue weighted by atomic mass is 16.4. The summed E-state index contributed by atoms with van der Waals surface area (Å²) in [7, 11) is 0. The van der Waals surface area contributed by atoms with Crippen LogP contribution in [0, 0.1) is 0 Å². The van der Waals surface area contributed by atoms with Gasteiger partial charge in [-0.1, -0.05) is 0 Å². The summed E-state index contributed by atoms with van der Waals surface area (Å²) in [4.78, 5) is 21.3. The van der Waals surface area contributed by atoms with E-state index in [0.29, 0.717) is 5.58 Å². The first-order valence-electron chi connectivity index (χ1n) is 4.77. The van der Waals surface area contributed by atoms with Gasteiger partial charge >= 0.3 is 11.7 Å². The molecule has 17 heavy (non-hydrogen) atoms. The Kier molecular flexibility index (Phi) is 2.87. The van der Waals surface area contributed by atoms with Crippen molar-refractivity contribution in [1.29, 1.82) is 0 Å². The molecule has 0 atom stereocenters. The van der Waals surface area contributed by atoms with E-state index >= 15 is 0 Å². The number of hydrogen-bond donors (Lipinski definition) is 2. The predicted molar refractivity (Wildman–Crippen MR) is 62.8 cm³/mol. The van der Waals surface area contributed by atoms with Gasteiger partial charge in [-0.2, -0.15) is 5.10 Å². The van der Waals surface area contributed by atoms with Gasteiger partial charge in [-0.05, 0) is 29.8 Å². The Morgan fingerprint density at radius 1 is 1.35 bits per heavy atom. The SMILES string of the molecule is NC(=O)NN=Cc1ccc2oc(=O)ccc2c1. The molecule has 0 unspecified atom stereocenters. The van der Waals surface area contributed by atoms with Crippen LogP contribution in [0.15, 0.2) is 44.6 Å². The minimum absolute atomic E-state index is 0.394. The van der Waals surface area contributed by atoms with E-state index < -0.39 is 11.7 Å². The van der Waals surface area contributed by atoms with Gasteiger partial charge in [0.05, 0.1) is 6.21 Å². The number of hydrogen-bond acceptors (Lipinski definition) is 4. The third kappa shape index (κ3) is 2.69. The number of urea groups is 1. The molecule has 1 heterocycles. The van der Waals surface area contributed by atoms with Crippen molar-refractivity contribution in [2.24, 2.45) is 10.8 Å². The molecule has 2 rings (SSSR count). The van der Waals surface area contributed by atoms with E-state index in [4.69, 9.17) is 10.2 Å². The second-order valence-corrected chi connectivity index (χ2v) is 3.29. The Hall–Kier alpha value is -2.63. The summed E-state index contributed by atoms with van der Waals surface area (Å²) in [5.41, 5.74) is 7.79. The van der Waals surface area contributed by atoms with Crippen LogP contribution in [0.5, 0.6) is 0 Å². The number of nitrogens with one attached hydrogen (secondary N) is 1. The minimum Gasteiger partial charge on any atom is -0.423 e. The summed E-state index contributed by atoms with van der Waals surface area (Å²) in [5, 5.41) is 4.39. The minimum atomic E-state index is -0.729. The van der Waals surface area contributed by atoms with Gasteiger partial charge < -0.3 is 10.2 Å². The number of nitrogens with zero attached hydrogens (tertiary/aromatic N) is 1. The summed E-state index contributed by atoms with van der Waals surface area (Å²) < 4.78 is 4.97. The normalized spacial score (nSPS) is 10.8. The fraction of sp³-hybridized carbons (Fsp3) is 0. The molecule has 86 valence electrons. The maximum absolute atomic E-state index is 11.0. The highest BCUT2D eigenvalue weighted by Gasteiger charge is 1.97. The molecule has 6 nitrogen and oxygen atoms in total. The summed E-state index contributed by atoms with van der Waals surface area (Å²) in [6.45, 7) is 0. The Balaban J connectivity index is 2.32. The molecule has 6 heteroatoms. The van der Waals surface area contributed by atoms with Crippen LogP contribution < -0.4 is 16.8 Å². The summed E-state index contributed by atoms with van der Waals surface area (Å²) in [6.07, 6.45) is 1.44. The second-order valence-electron chi connectivity index (χ2n) is 3.29. The highest BCUT2D eigenvalue weighted by Crippen LogP contribution is 2.12. The van der Waals surface area contributed by atoms with Crippen molar-refractivity contribution in [3.05, 3.63) is 46.3 Å². The van der Waals surface area contributed by atoms with Gasteiger partial charge in [0.15, 0.2) is 0 Å². The maximum Gasteiger partial charge on any atom is 0.336 e. The highest BCUT2D eigenvalue weighted by molar-refractivity contribution is 5.88. The number of nitrogens with two attached hydrogens (primary N) is 1. The first-order valence-corrected chi connectivity index (χ1v) is 4.77. The van der Waals surface area contributed by atoms with E-state index in [1.807, 2.05) is 0 Å². The second kappa shape index (κ2) is 4.48. The topological polar surface area (TPSA) is 97.7 Å². The van der Waals surface area contributed by atoms with Crippen LogP contribution in [0.3, 0.4) is 0 Å². The lowest BCUT2D eigenvalue weighted by molar-refractivity contribution is 0.249. The van der Waals surface area contributed by atoms with E-state index in [1.54, 1.807) is 24.3 Å². The van der Waals surface area contributed by atoms with Gasteiger partial charge in [0.1, 0.15) is 5.58 Å². The Morgan fingerprint density at radius 2 is 2.18 bits per heavy atom. The molecule has 2 aromatic rings. The number of carbonyl (C=O) groups is 1. The monoisotopic (exact) mass is 231 g/mol. The average Bonchev–Trinajstić information content (AvgIpc) is 2.29. The number of primary amides is 1. The van der Waals surface area contributed by atoms with Gasteiger partial charge in [-0.25, -0.2) is 15.0 Å². The van der Waals surface area contributed by atoms with E-state index in [-0.39, 0.29) is 0 Å². The third-order valence-corrected chi connectivity index (χ3v) is 2.03. The molecule has 0 saturated heterocycles. The van der Waals surface area contributed by atoms with Gasteiger partial charge in [-0.15, -0.1) is 0 Å². The summed E-state index contributed by atoms with van der Waals surface area (Å²) >= 11 is 0. The van der Waals surface area contributed by atoms with Crippen molar-refractivity contribution < 1.29 is 9.21 Å². The molecular formula is C11H9N3O3. The fourth-order valence-electron chi connectivity index (χ4n) is 1.34. The molecular weight excluding hydrogens is 222 g/mol. The molecule has 0 aliphatic carbocycles. The first kappa shape index (κ1) is 10.9. The molecule has 0 aliphatic heterocycles. The number of carbonyl (C=O) groups excluding carboxylic acids is 1. The number of hydrazone groups is 1. The van der Waals surface area contributed by atoms with E-state index in [1.165, 1.54) is 12.3 Å². The van der Waals surface area contributed by atoms with Crippen molar-refractivity contribution in [3.63, 3.8) is 0 Å². The zero-order valence-corrected chi connectivity index (χ0v) is 8.71. The van der Waals surface area contributed by atoms with E-state index in [2.05, 4.69) is 10.5 Å². The number of benzene rings is 1. The first-order chi connectivity index (χ1) is 8.15. The van der Waals surface area contributed by atoms with Gasteiger partial charge in [0.25, 0.3) is 0 Å². The van der Waals surface area contributed by atoms with Crippen LogP contribution in [0.4, 0.5) is 4.79 Å². The third-order valence-electron chi connectivity index (χ3n) is 2.03. The van der Waals surface area contributed by atoms with Crippen molar-refractivity contribution in [2.45, 2.75) is 0 Å². The molecule has 0 spiro atoms. The van der Waals surface area contributed by atoms with Crippen LogP contribution in [-0.4, -0.2) is 12.2 Å². The molecule has 3 N–H and O–H groups in total. The lowest BCUT2D eigenvalue weighted by Crippen LogP contribution is -2.24. The number of fused-ring (bicyclic) bond motifs is 1. The van der Waals surface area contributed by atoms with Crippen molar-refractivity contribution in [1.82, 2.24) is 5.43 Å². The Labute approximate surface area is 95.7 Å². The van der Waals surface area contributed by atoms with Gasteiger partial charge in [0.2, 0.25) is 0 Å². The fourth-order valence-corrected chi connectivity index (χ4v) is 1.34. The molecule has 0 bridgehead atoms. The standard InChI is InChI=1S/C11H9N3O3/c12-11(16)14-13-6-7-1-3-9-8(5-7)2-4-10(15)17-9/h1-6H,(H3,12,14,16). The van der Waals surface area contributed by atoms with E-state index in [0.717, 1.165) is 10.9 Å². The average molecular weight is 231 g/mol. The van der Waals surface area contributed by atoms with Gasteiger partial charge in [-0.3, -0.25) is 0 Å². The summed E-state index contributed by atoms with van der Waals surface area (Å²) in [6, 6.07) is 7.39. The Morgan fingerprint density at radius 3 is 2.94 bits per heavy atom. The smallest absolute Gasteiger partial charge is 0.336 e. The molecule has 0 saturated carbocycles. The molecule has 2 amide bonds. The molecule has 1 aromatic carbocycles. The van der Waals surface area contributed by atoms with Crippen LogP contribution in [-0.2, 0) is 0 Å². The van der Waals surface area contributed by atoms with Crippen LogP contribution >= 0.6 is 0 Å². The summed E-state index contributed by atoms with van der Waals surface area (Å²) in [5.74, 6) is 0. The quantitative estimate of drug-likeness (QED) is 0.454. The van der Waals surface area contributed by atoms with E-state index in [9.17, 15) is 9.59 Å². The maximum atomic E-state index is 11.0. The van der Waals surface area contributed by atoms with Crippen LogP contribution in [0.25, 0.3) is 11.0 Å². The largest absolute Gasteiger partial charge is 0.423 e. The Bertz CT molecular complexity index is 646. The molecule has 0 fully saturated rings. The van der Waals surface area contributed by atoms with Crippen molar-refractivity contribution in [2.75, 3.05) is 0 Å². The van der Waals surface area contributed by atoms with Crippen LogP contribution in [0.2, 0.25) is 0 Å². The zero-order chi connectivity index (χ0) is 12.3. The van der Waals surface area contributed by atoms with Crippen LogP contribution in [0.1, 0.15) is 5.56 Å². The predicted octanol–water partition coefficient (Wildman–Crippen LogP) is 0.795. The molecule has 0 radical (unpaired) electrons. The molecule has 1 aromatic heterocycles. The number of amides is 2. The van der Waals surface area contributed by atoms with Crippen molar-refractivity contribution >= 4 is 23.2 Å². The van der Waals surface area contributed by atoms with Gasteiger partial charge in [0, 0.05) is 11.5 Å². The van der Waals surface area contributed by atoms with Crippen molar-refractivity contribution in [3.8, 4) is 0 Å². The number of rotatable bonds is 2. The molecule has 0 aliphatic rings. The lowest BCUT2D eigenvalue weighted by atomic mass is 10.1.